The molecular formula is C19H23N5O2S. The van der Waals surface area contributed by atoms with Crippen LogP contribution in [0.4, 0.5) is 5.95 Å². The third kappa shape index (κ3) is 3.66. The van der Waals surface area contributed by atoms with E-state index in [1.807, 2.05) is 22.4 Å². The third-order valence-corrected chi connectivity index (χ3v) is 6.06. The molecule has 4 rings (SSSR count). The van der Waals surface area contributed by atoms with Crippen molar-refractivity contribution < 1.29 is 9.59 Å². The smallest absolute Gasteiger partial charge is 0.273 e. The quantitative estimate of drug-likeness (QED) is 0.853. The molecule has 1 fully saturated rings. The Morgan fingerprint density at radius 2 is 1.70 bits per heavy atom. The second kappa shape index (κ2) is 7.64. The Labute approximate surface area is 162 Å². The molecule has 2 aliphatic rings. The maximum absolute atomic E-state index is 13.2. The van der Waals surface area contributed by atoms with E-state index in [0.29, 0.717) is 31.9 Å². The van der Waals surface area contributed by atoms with Gasteiger partial charge in [0.15, 0.2) is 0 Å². The molecular weight excluding hydrogens is 362 g/mol. The van der Waals surface area contributed by atoms with Gasteiger partial charge in [-0.3, -0.25) is 9.59 Å². The van der Waals surface area contributed by atoms with Gasteiger partial charge in [-0.2, -0.15) is 0 Å². The number of nitrogens with two attached hydrogens (primary N) is 1. The van der Waals surface area contributed by atoms with Crippen molar-refractivity contribution in [2.45, 2.75) is 32.1 Å². The van der Waals surface area contributed by atoms with E-state index in [9.17, 15) is 9.59 Å². The van der Waals surface area contributed by atoms with Crippen LogP contribution in [0.3, 0.4) is 0 Å². The molecule has 2 N–H and O–H groups in total. The van der Waals surface area contributed by atoms with Crippen LogP contribution in [-0.2, 0) is 12.8 Å². The molecule has 0 radical (unpaired) electrons. The van der Waals surface area contributed by atoms with Crippen LogP contribution in [0.15, 0.2) is 17.5 Å². The van der Waals surface area contributed by atoms with Gasteiger partial charge in [0.1, 0.15) is 5.69 Å². The summed E-state index contributed by atoms with van der Waals surface area (Å²) in [5.41, 5.74) is 8.18. The normalized spacial score (nSPS) is 17.3. The van der Waals surface area contributed by atoms with Crippen molar-refractivity contribution in [2.24, 2.45) is 0 Å². The average molecular weight is 385 g/mol. The highest BCUT2D eigenvalue weighted by atomic mass is 32.1. The SMILES string of the molecule is Nc1nc2c(c(C(=O)N3CCCN(C(=O)c4cccs4)CC3)n1)CCCC2. The van der Waals surface area contributed by atoms with E-state index in [1.165, 1.54) is 11.3 Å². The average Bonchev–Trinajstić information content (AvgIpc) is 3.11. The standard InChI is InChI=1S/C19H23N5O2S/c20-19-21-14-6-2-1-5-13(14)16(22-19)18(26)24-9-4-8-23(10-11-24)17(25)15-7-3-12-27-15/h3,7,12H,1-2,4-6,8-11H2,(H2,20,21,22). The molecule has 27 heavy (non-hydrogen) atoms. The molecule has 0 unspecified atom stereocenters. The topological polar surface area (TPSA) is 92.4 Å². The summed E-state index contributed by atoms with van der Waals surface area (Å²) in [5.74, 6) is 0.124. The number of thiophene rings is 1. The first-order valence-electron chi connectivity index (χ1n) is 9.41. The van der Waals surface area contributed by atoms with Crippen LogP contribution in [0.25, 0.3) is 0 Å². The molecule has 142 valence electrons. The van der Waals surface area contributed by atoms with Gasteiger partial charge in [0.2, 0.25) is 5.95 Å². The monoisotopic (exact) mass is 385 g/mol. The summed E-state index contributed by atoms with van der Waals surface area (Å²) in [6, 6.07) is 3.73. The number of hydrogen-bond donors (Lipinski definition) is 1. The first-order valence-corrected chi connectivity index (χ1v) is 10.3. The third-order valence-electron chi connectivity index (χ3n) is 5.21. The van der Waals surface area contributed by atoms with Crippen molar-refractivity contribution >= 4 is 29.1 Å². The van der Waals surface area contributed by atoms with E-state index in [4.69, 9.17) is 5.73 Å². The lowest BCUT2D eigenvalue weighted by Gasteiger charge is -2.24. The van der Waals surface area contributed by atoms with Crippen molar-refractivity contribution in [2.75, 3.05) is 31.9 Å². The predicted octanol–water partition coefficient (Wildman–Crippen LogP) is 1.99. The lowest BCUT2D eigenvalue weighted by Crippen LogP contribution is -2.38. The van der Waals surface area contributed by atoms with Crippen LogP contribution in [0.1, 0.15) is 50.7 Å². The minimum Gasteiger partial charge on any atom is -0.368 e. The van der Waals surface area contributed by atoms with Crippen molar-refractivity contribution in [1.82, 2.24) is 19.8 Å². The van der Waals surface area contributed by atoms with Gasteiger partial charge in [0.05, 0.1) is 4.88 Å². The van der Waals surface area contributed by atoms with Crippen LogP contribution in [-0.4, -0.2) is 57.8 Å². The van der Waals surface area contributed by atoms with E-state index in [1.54, 1.807) is 4.90 Å². The van der Waals surface area contributed by atoms with Gasteiger partial charge in [0.25, 0.3) is 11.8 Å². The molecule has 2 aromatic heterocycles. The molecule has 0 spiro atoms. The van der Waals surface area contributed by atoms with Crippen LogP contribution >= 0.6 is 11.3 Å². The lowest BCUT2D eigenvalue weighted by molar-refractivity contribution is 0.0717. The molecule has 2 amide bonds. The number of fused-ring (bicyclic) bond motifs is 1. The second-order valence-electron chi connectivity index (χ2n) is 6.98. The maximum Gasteiger partial charge on any atom is 0.273 e. The van der Waals surface area contributed by atoms with Crippen LogP contribution < -0.4 is 5.73 Å². The summed E-state index contributed by atoms with van der Waals surface area (Å²) in [7, 11) is 0. The zero-order valence-corrected chi connectivity index (χ0v) is 16.0. The van der Waals surface area contributed by atoms with Crippen LogP contribution in [0, 0.1) is 0 Å². The molecule has 0 bridgehead atoms. The fraction of sp³-hybridized carbons (Fsp3) is 0.474. The van der Waals surface area contributed by atoms with Gasteiger partial charge in [-0.15, -0.1) is 11.3 Å². The Balaban J connectivity index is 1.51. The molecule has 2 aromatic rings. The minimum atomic E-state index is -0.0901. The van der Waals surface area contributed by atoms with E-state index in [0.717, 1.165) is 48.2 Å². The number of carbonyl (C=O) groups is 2. The Kier molecular flexibility index (Phi) is 5.07. The van der Waals surface area contributed by atoms with Crippen molar-refractivity contribution in [3.8, 4) is 0 Å². The molecule has 0 atom stereocenters. The van der Waals surface area contributed by atoms with E-state index < -0.39 is 0 Å². The molecule has 1 aliphatic heterocycles. The van der Waals surface area contributed by atoms with Gasteiger partial charge in [-0.1, -0.05) is 6.07 Å². The fourth-order valence-corrected chi connectivity index (χ4v) is 4.51. The Hall–Kier alpha value is -2.48. The largest absolute Gasteiger partial charge is 0.368 e. The molecule has 7 nitrogen and oxygen atoms in total. The Morgan fingerprint density at radius 3 is 2.44 bits per heavy atom. The molecule has 0 aromatic carbocycles. The lowest BCUT2D eigenvalue weighted by atomic mass is 9.94. The zero-order valence-electron chi connectivity index (χ0n) is 15.2. The van der Waals surface area contributed by atoms with Gasteiger partial charge in [0, 0.05) is 37.4 Å². The number of rotatable bonds is 2. The number of aryl methyl sites for hydroxylation is 1. The van der Waals surface area contributed by atoms with Crippen LogP contribution in [0.2, 0.25) is 0 Å². The molecule has 1 aliphatic carbocycles. The molecule has 1 saturated heterocycles. The highest BCUT2D eigenvalue weighted by molar-refractivity contribution is 7.12. The summed E-state index contributed by atoms with van der Waals surface area (Å²) in [5, 5.41) is 1.91. The van der Waals surface area contributed by atoms with Gasteiger partial charge >= 0.3 is 0 Å². The number of nitrogens with zero attached hydrogens (tertiary/aromatic N) is 4. The highest BCUT2D eigenvalue weighted by Crippen LogP contribution is 2.24. The number of nitrogen functional groups attached to an aromatic ring is 1. The zero-order chi connectivity index (χ0) is 18.8. The number of amides is 2. The summed E-state index contributed by atoms with van der Waals surface area (Å²) in [6.45, 7) is 2.32. The van der Waals surface area contributed by atoms with Crippen LogP contribution in [0.5, 0.6) is 0 Å². The summed E-state index contributed by atoms with van der Waals surface area (Å²) in [4.78, 5) is 38.7. The predicted molar refractivity (Wildman–Crippen MR) is 104 cm³/mol. The maximum atomic E-state index is 13.2. The van der Waals surface area contributed by atoms with Crippen molar-refractivity contribution in [3.63, 3.8) is 0 Å². The molecule has 8 heteroatoms. The Morgan fingerprint density at radius 1 is 0.963 bits per heavy atom. The first kappa shape index (κ1) is 17.9. The summed E-state index contributed by atoms with van der Waals surface area (Å²) < 4.78 is 0. The van der Waals surface area contributed by atoms with Crippen molar-refractivity contribution in [1.29, 1.82) is 0 Å². The van der Waals surface area contributed by atoms with Gasteiger partial charge in [-0.25, -0.2) is 9.97 Å². The minimum absolute atomic E-state index is 0.0444. The second-order valence-corrected chi connectivity index (χ2v) is 7.93. The van der Waals surface area contributed by atoms with E-state index in [2.05, 4.69) is 9.97 Å². The molecule has 3 heterocycles. The number of hydrogen-bond acceptors (Lipinski definition) is 6. The number of anilines is 1. The highest BCUT2D eigenvalue weighted by Gasteiger charge is 2.28. The van der Waals surface area contributed by atoms with E-state index in [-0.39, 0.29) is 17.8 Å². The summed E-state index contributed by atoms with van der Waals surface area (Å²) >= 11 is 1.45. The number of aromatic nitrogens is 2. The Bertz CT molecular complexity index is 852. The fourth-order valence-electron chi connectivity index (χ4n) is 3.82. The van der Waals surface area contributed by atoms with Crippen molar-refractivity contribution in [3.05, 3.63) is 39.3 Å². The molecule has 0 saturated carbocycles. The first-order chi connectivity index (χ1) is 13.1. The number of carbonyl (C=O) groups excluding carboxylic acids is 2. The van der Waals surface area contributed by atoms with E-state index >= 15 is 0 Å². The van der Waals surface area contributed by atoms with Gasteiger partial charge in [-0.05, 0) is 43.6 Å². The summed E-state index contributed by atoms with van der Waals surface area (Å²) in [6.07, 6.45) is 4.55. The van der Waals surface area contributed by atoms with Gasteiger partial charge < -0.3 is 15.5 Å².